The highest BCUT2D eigenvalue weighted by atomic mass is 19.4. The number of nitrogens with one attached hydrogen (secondary N) is 1. The van der Waals surface area contributed by atoms with Gasteiger partial charge in [0.15, 0.2) is 0 Å². The average Bonchev–Trinajstić information content (AvgIpc) is 2.77. The van der Waals surface area contributed by atoms with Gasteiger partial charge >= 0.3 is 6.18 Å². The van der Waals surface area contributed by atoms with Gasteiger partial charge in [-0.15, -0.1) is 0 Å². The molecule has 0 saturated heterocycles. The minimum absolute atomic E-state index is 0.251. The van der Waals surface area contributed by atoms with Gasteiger partial charge in [-0.05, 0) is 44.7 Å². The normalized spacial score (nSPS) is 17.8. The van der Waals surface area contributed by atoms with Gasteiger partial charge in [0.2, 0.25) is 0 Å². The second-order valence-corrected chi connectivity index (χ2v) is 3.72. The molecule has 1 saturated carbocycles. The average molecular weight is 195 g/mol. The van der Waals surface area contributed by atoms with Gasteiger partial charge < -0.3 is 5.32 Å². The van der Waals surface area contributed by atoms with Crippen LogP contribution in [0.1, 0.15) is 32.1 Å². The van der Waals surface area contributed by atoms with E-state index in [4.69, 9.17) is 0 Å². The molecule has 1 rings (SSSR count). The molecular formula is C9H16F3N. The van der Waals surface area contributed by atoms with Crippen molar-refractivity contribution in [2.24, 2.45) is 5.92 Å². The lowest BCUT2D eigenvalue weighted by Gasteiger charge is -2.06. The summed E-state index contributed by atoms with van der Waals surface area (Å²) in [5.74, 6) is 0.808. The Morgan fingerprint density at radius 3 is 2.38 bits per heavy atom. The Hall–Kier alpha value is -0.250. The lowest BCUT2D eigenvalue weighted by Crippen LogP contribution is -2.18. The van der Waals surface area contributed by atoms with E-state index < -0.39 is 12.6 Å². The maximum Gasteiger partial charge on any atom is 0.389 e. The van der Waals surface area contributed by atoms with E-state index >= 15 is 0 Å². The topological polar surface area (TPSA) is 12.0 Å². The van der Waals surface area contributed by atoms with Crippen LogP contribution >= 0.6 is 0 Å². The lowest BCUT2D eigenvalue weighted by molar-refractivity contribution is -0.135. The fourth-order valence-corrected chi connectivity index (χ4v) is 1.20. The van der Waals surface area contributed by atoms with Gasteiger partial charge in [-0.3, -0.25) is 0 Å². The van der Waals surface area contributed by atoms with Gasteiger partial charge in [-0.2, -0.15) is 13.2 Å². The van der Waals surface area contributed by atoms with Crippen LogP contribution in [0, 0.1) is 5.92 Å². The van der Waals surface area contributed by atoms with Crippen molar-refractivity contribution < 1.29 is 13.2 Å². The zero-order chi connectivity index (χ0) is 9.73. The van der Waals surface area contributed by atoms with Crippen molar-refractivity contribution in [3.05, 3.63) is 0 Å². The summed E-state index contributed by atoms with van der Waals surface area (Å²) < 4.78 is 35.0. The summed E-state index contributed by atoms with van der Waals surface area (Å²) in [5.41, 5.74) is 0. The molecule has 0 amide bonds. The van der Waals surface area contributed by atoms with Crippen LogP contribution in [0.2, 0.25) is 0 Å². The van der Waals surface area contributed by atoms with Crippen LogP contribution in [-0.2, 0) is 0 Å². The van der Waals surface area contributed by atoms with E-state index in [1.165, 1.54) is 12.8 Å². The van der Waals surface area contributed by atoms with Crippen molar-refractivity contribution >= 4 is 0 Å². The number of hydrogen-bond donors (Lipinski definition) is 1. The first-order valence-corrected chi connectivity index (χ1v) is 4.85. The fraction of sp³-hybridized carbons (Fsp3) is 1.00. The third kappa shape index (κ3) is 6.87. The first-order chi connectivity index (χ1) is 6.08. The predicted molar refractivity (Wildman–Crippen MR) is 45.5 cm³/mol. The maximum absolute atomic E-state index is 11.7. The highest BCUT2D eigenvalue weighted by Crippen LogP contribution is 2.27. The minimum Gasteiger partial charge on any atom is -0.316 e. The molecule has 1 aliphatic carbocycles. The summed E-state index contributed by atoms with van der Waals surface area (Å²) in [6.07, 6.45) is -1.16. The molecule has 0 bridgehead atoms. The molecule has 1 nitrogen and oxygen atoms in total. The number of unbranched alkanes of at least 4 members (excludes halogenated alkanes) is 1. The van der Waals surface area contributed by atoms with Crippen molar-refractivity contribution in [2.75, 3.05) is 13.1 Å². The molecule has 0 aliphatic heterocycles. The molecule has 0 atom stereocenters. The Morgan fingerprint density at radius 1 is 1.15 bits per heavy atom. The SMILES string of the molecule is FC(F)(F)CCCCNCC1CC1. The first-order valence-electron chi connectivity index (χ1n) is 4.85. The van der Waals surface area contributed by atoms with Gasteiger partial charge in [-0.1, -0.05) is 0 Å². The minimum atomic E-state index is -3.98. The number of alkyl halides is 3. The second kappa shape index (κ2) is 4.84. The van der Waals surface area contributed by atoms with Crippen LogP contribution in [0.25, 0.3) is 0 Å². The molecule has 0 aromatic heterocycles. The molecule has 1 N–H and O–H groups in total. The van der Waals surface area contributed by atoms with Crippen molar-refractivity contribution in [1.82, 2.24) is 5.32 Å². The van der Waals surface area contributed by atoms with Gasteiger partial charge in [0.1, 0.15) is 0 Å². The molecule has 0 aromatic rings. The Labute approximate surface area is 76.7 Å². The highest BCUT2D eigenvalue weighted by molar-refractivity contribution is 4.74. The molecule has 1 fully saturated rings. The predicted octanol–water partition coefficient (Wildman–Crippen LogP) is 2.72. The monoisotopic (exact) mass is 195 g/mol. The highest BCUT2D eigenvalue weighted by Gasteiger charge is 2.25. The number of rotatable bonds is 6. The van der Waals surface area contributed by atoms with Crippen LogP contribution < -0.4 is 5.32 Å². The van der Waals surface area contributed by atoms with Crippen molar-refractivity contribution in [3.8, 4) is 0 Å². The molecule has 0 radical (unpaired) electrons. The Bertz CT molecular complexity index is 140. The molecule has 0 heterocycles. The first kappa shape index (κ1) is 10.8. The van der Waals surface area contributed by atoms with Gasteiger partial charge in [0, 0.05) is 6.42 Å². The van der Waals surface area contributed by atoms with E-state index in [-0.39, 0.29) is 6.42 Å². The number of hydrogen-bond acceptors (Lipinski definition) is 1. The van der Waals surface area contributed by atoms with Crippen molar-refractivity contribution in [3.63, 3.8) is 0 Å². The lowest BCUT2D eigenvalue weighted by atomic mass is 10.2. The number of halogens is 3. The Kier molecular flexibility index (Phi) is 4.03. The van der Waals surface area contributed by atoms with E-state index in [1.54, 1.807) is 0 Å². The quantitative estimate of drug-likeness (QED) is 0.642. The molecule has 0 aromatic carbocycles. The molecule has 0 spiro atoms. The Balaban J connectivity index is 1.78. The summed E-state index contributed by atoms with van der Waals surface area (Å²) in [7, 11) is 0. The zero-order valence-corrected chi connectivity index (χ0v) is 7.66. The van der Waals surface area contributed by atoms with Gasteiger partial charge in [0.05, 0.1) is 0 Å². The summed E-state index contributed by atoms with van der Waals surface area (Å²) in [4.78, 5) is 0. The van der Waals surface area contributed by atoms with E-state index in [9.17, 15) is 13.2 Å². The van der Waals surface area contributed by atoms with Crippen molar-refractivity contribution in [1.29, 1.82) is 0 Å². The van der Waals surface area contributed by atoms with Crippen LogP contribution in [0.15, 0.2) is 0 Å². The molecule has 0 unspecified atom stereocenters. The van der Waals surface area contributed by atoms with Crippen LogP contribution in [0.3, 0.4) is 0 Å². The smallest absolute Gasteiger partial charge is 0.316 e. The third-order valence-corrected chi connectivity index (χ3v) is 2.19. The van der Waals surface area contributed by atoms with Crippen molar-refractivity contribution in [2.45, 2.75) is 38.3 Å². The van der Waals surface area contributed by atoms with Crippen LogP contribution in [-0.4, -0.2) is 19.3 Å². The molecule has 78 valence electrons. The fourth-order valence-electron chi connectivity index (χ4n) is 1.20. The second-order valence-electron chi connectivity index (χ2n) is 3.72. The standard InChI is InChI=1S/C9H16F3N/c10-9(11,12)5-1-2-6-13-7-8-3-4-8/h8,13H,1-7H2. The summed E-state index contributed by atoms with van der Waals surface area (Å²) in [5, 5.41) is 3.17. The molecule has 1 aliphatic rings. The summed E-state index contributed by atoms with van der Waals surface area (Å²) >= 11 is 0. The van der Waals surface area contributed by atoms with Gasteiger partial charge in [-0.25, -0.2) is 0 Å². The summed E-state index contributed by atoms with van der Waals surface area (Å²) in [6.45, 7) is 1.72. The maximum atomic E-state index is 11.7. The van der Waals surface area contributed by atoms with E-state index in [1.807, 2.05) is 0 Å². The van der Waals surface area contributed by atoms with Crippen LogP contribution in [0.5, 0.6) is 0 Å². The molecule has 4 heteroatoms. The summed E-state index contributed by atoms with van der Waals surface area (Å²) in [6, 6.07) is 0. The van der Waals surface area contributed by atoms with Crippen LogP contribution in [0.4, 0.5) is 13.2 Å². The Morgan fingerprint density at radius 2 is 1.85 bits per heavy atom. The third-order valence-electron chi connectivity index (χ3n) is 2.19. The molecule has 13 heavy (non-hydrogen) atoms. The largest absolute Gasteiger partial charge is 0.389 e. The zero-order valence-electron chi connectivity index (χ0n) is 7.66. The van der Waals surface area contributed by atoms with E-state index in [0.29, 0.717) is 6.42 Å². The van der Waals surface area contributed by atoms with E-state index in [0.717, 1.165) is 19.0 Å². The van der Waals surface area contributed by atoms with E-state index in [2.05, 4.69) is 5.32 Å². The van der Waals surface area contributed by atoms with Gasteiger partial charge in [0.25, 0.3) is 0 Å². The molecular weight excluding hydrogens is 179 g/mol.